The van der Waals surface area contributed by atoms with Crippen LogP contribution in [-0.4, -0.2) is 28.5 Å². The summed E-state index contributed by atoms with van der Waals surface area (Å²) in [5.74, 6) is -1.25. The highest BCUT2D eigenvalue weighted by molar-refractivity contribution is 6.52. The predicted octanol–water partition coefficient (Wildman–Crippen LogP) is 5.12. The highest BCUT2D eigenvalue weighted by atomic mass is 16.5. The average molecular weight is 453 g/mol. The van der Waals surface area contributed by atoms with Crippen molar-refractivity contribution in [2.75, 3.05) is 12.0 Å². The molecule has 6 nitrogen and oxygen atoms in total. The van der Waals surface area contributed by atoms with E-state index < -0.39 is 17.7 Å². The van der Waals surface area contributed by atoms with Gasteiger partial charge in [-0.3, -0.25) is 14.5 Å². The Morgan fingerprint density at radius 1 is 0.971 bits per heavy atom. The zero-order valence-corrected chi connectivity index (χ0v) is 19.1. The van der Waals surface area contributed by atoms with Crippen LogP contribution in [0.5, 0.6) is 5.75 Å². The number of ether oxygens (including phenoxy) is 1. The summed E-state index contributed by atoms with van der Waals surface area (Å²) < 4.78 is 7.42. The first-order valence-corrected chi connectivity index (χ1v) is 11.0. The van der Waals surface area contributed by atoms with Crippen molar-refractivity contribution in [3.05, 3.63) is 101 Å². The molecule has 0 bridgehead atoms. The van der Waals surface area contributed by atoms with Gasteiger partial charge in [0, 0.05) is 35.4 Å². The minimum Gasteiger partial charge on any atom is -0.507 e. The van der Waals surface area contributed by atoms with Crippen molar-refractivity contribution in [1.82, 2.24) is 4.57 Å². The summed E-state index contributed by atoms with van der Waals surface area (Å²) in [4.78, 5) is 28.3. The number of nitrogens with zero attached hydrogens (tertiary/aromatic N) is 2. The predicted molar refractivity (Wildman–Crippen MR) is 132 cm³/mol. The highest BCUT2D eigenvalue weighted by Gasteiger charge is 2.48. The first-order valence-electron chi connectivity index (χ1n) is 11.0. The van der Waals surface area contributed by atoms with Gasteiger partial charge in [0.05, 0.1) is 24.3 Å². The Balaban J connectivity index is 1.83. The van der Waals surface area contributed by atoms with Gasteiger partial charge in [-0.1, -0.05) is 48.0 Å². The van der Waals surface area contributed by atoms with E-state index in [1.807, 2.05) is 73.3 Å². The van der Waals surface area contributed by atoms with Crippen LogP contribution in [0.4, 0.5) is 5.69 Å². The first kappa shape index (κ1) is 21.5. The minimum atomic E-state index is -0.807. The van der Waals surface area contributed by atoms with Gasteiger partial charge in [0.15, 0.2) is 0 Å². The fraction of sp³-hybridized carbons (Fsp3) is 0.143. The first-order chi connectivity index (χ1) is 16.4. The lowest BCUT2D eigenvalue weighted by Gasteiger charge is -2.25. The zero-order chi connectivity index (χ0) is 24.0. The van der Waals surface area contributed by atoms with Crippen LogP contribution in [0.1, 0.15) is 22.7 Å². The van der Waals surface area contributed by atoms with Crippen molar-refractivity contribution in [3.8, 4) is 5.75 Å². The van der Waals surface area contributed by atoms with E-state index in [1.54, 1.807) is 24.3 Å². The number of aliphatic hydroxyl groups excluding tert-OH is 1. The molecule has 1 atom stereocenters. The Morgan fingerprint density at radius 2 is 1.68 bits per heavy atom. The number of Topliss-reactive ketones (excluding diaryl/α,β-unsaturated/α-hetero) is 1. The second kappa shape index (κ2) is 8.23. The number of anilines is 1. The summed E-state index contributed by atoms with van der Waals surface area (Å²) >= 11 is 0. The van der Waals surface area contributed by atoms with Crippen molar-refractivity contribution in [3.63, 3.8) is 0 Å². The summed E-state index contributed by atoms with van der Waals surface area (Å²) in [6.45, 7) is 1.89. The lowest BCUT2D eigenvalue weighted by Crippen LogP contribution is -2.29. The molecule has 2 heterocycles. The maximum Gasteiger partial charge on any atom is 0.300 e. The summed E-state index contributed by atoms with van der Waals surface area (Å²) in [5.41, 5.74) is 3.60. The molecule has 0 saturated carbocycles. The molecular weight excluding hydrogens is 428 g/mol. The van der Waals surface area contributed by atoms with E-state index in [1.165, 1.54) is 12.0 Å². The molecule has 1 aliphatic heterocycles. The third-order valence-corrected chi connectivity index (χ3v) is 6.31. The Bertz CT molecular complexity index is 1470. The minimum absolute atomic E-state index is 0.0362. The number of ketones is 1. The van der Waals surface area contributed by atoms with E-state index in [9.17, 15) is 14.7 Å². The molecule has 34 heavy (non-hydrogen) atoms. The Hall–Kier alpha value is -4.32. The molecule has 1 saturated heterocycles. The molecule has 0 radical (unpaired) electrons. The van der Waals surface area contributed by atoms with Gasteiger partial charge in [0.25, 0.3) is 11.7 Å². The number of carbonyl (C=O) groups excluding carboxylic acids is 2. The standard InChI is InChI=1S/C28H24N2O4/c1-17-13-14-23(34-3)20(15-17)26(31)24-25(21-16-29(2)22-12-8-7-11-19(21)22)30(28(33)27(24)32)18-9-5-4-6-10-18/h4-16,25,31H,1-3H3/b26-24+. The van der Waals surface area contributed by atoms with Gasteiger partial charge in [0.1, 0.15) is 11.5 Å². The summed E-state index contributed by atoms with van der Waals surface area (Å²) in [6, 6.07) is 21.4. The van der Waals surface area contributed by atoms with Gasteiger partial charge in [-0.15, -0.1) is 0 Å². The second-order valence-electron chi connectivity index (χ2n) is 8.42. The van der Waals surface area contributed by atoms with E-state index in [0.29, 0.717) is 17.0 Å². The van der Waals surface area contributed by atoms with Gasteiger partial charge in [-0.05, 0) is 37.3 Å². The number of rotatable bonds is 4. The van der Waals surface area contributed by atoms with Crippen LogP contribution < -0.4 is 9.64 Å². The molecule has 1 amide bonds. The number of aryl methyl sites for hydroxylation is 2. The summed E-state index contributed by atoms with van der Waals surface area (Å²) in [7, 11) is 3.43. The fourth-order valence-corrected chi connectivity index (χ4v) is 4.72. The van der Waals surface area contributed by atoms with Crippen LogP contribution in [0.3, 0.4) is 0 Å². The Kier molecular flexibility index (Phi) is 5.21. The molecule has 0 spiro atoms. The number of methoxy groups -OCH3 is 1. The molecule has 3 aromatic carbocycles. The Labute approximate surface area is 197 Å². The number of hydrogen-bond donors (Lipinski definition) is 1. The van der Waals surface area contributed by atoms with E-state index in [0.717, 1.165) is 22.0 Å². The zero-order valence-electron chi connectivity index (χ0n) is 19.1. The molecule has 0 aliphatic carbocycles. The van der Waals surface area contributed by atoms with Gasteiger partial charge in [-0.2, -0.15) is 0 Å². The lowest BCUT2D eigenvalue weighted by molar-refractivity contribution is -0.132. The summed E-state index contributed by atoms with van der Waals surface area (Å²) in [5, 5.41) is 12.4. The molecule has 4 aromatic rings. The molecular formula is C28H24N2O4. The van der Waals surface area contributed by atoms with E-state index >= 15 is 0 Å². The van der Waals surface area contributed by atoms with Crippen LogP contribution in [0, 0.1) is 6.92 Å². The topological polar surface area (TPSA) is 71.8 Å². The smallest absolute Gasteiger partial charge is 0.300 e. The van der Waals surface area contributed by atoms with Crippen LogP contribution in [0.2, 0.25) is 0 Å². The van der Waals surface area contributed by atoms with Gasteiger partial charge < -0.3 is 14.4 Å². The Morgan fingerprint density at radius 3 is 2.41 bits per heavy atom. The van der Waals surface area contributed by atoms with Crippen LogP contribution in [0.15, 0.2) is 84.6 Å². The largest absolute Gasteiger partial charge is 0.507 e. The number of benzene rings is 3. The van der Waals surface area contributed by atoms with Crippen molar-refractivity contribution in [1.29, 1.82) is 0 Å². The third kappa shape index (κ3) is 3.27. The number of fused-ring (bicyclic) bond motifs is 1. The summed E-state index contributed by atoms with van der Waals surface area (Å²) in [6.07, 6.45) is 1.91. The van der Waals surface area contributed by atoms with Crippen molar-refractivity contribution in [2.24, 2.45) is 7.05 Å². The van der Waals surface area contributed by atoms with E-state index in [2.05, 4.69) is 0 Å². The number of aliphatic hydroxyl groups is 1. The second-order valence-corrected chi connectivity index (χ2v) is 8.42. The SMILES string of the molecule is COc1ccc(C)cc1/C(O)=C1\C(=O)C(=O)N(c2ccccc2)C1c1cn(C)c2ccccc12. The van der Waals surface area contributed by atoms with Gasteiger partial charge >= 0.3 is 0 Å². The lowest BCUT2D eigenvalue weighted by atomic mass is 9.94. The van der Waals surface area contributed by atoms with Crippen molar-refractivity contribution < 1.29 is 19.4 Å². The quantitative estimate of drug-likeness (QED) is 0.265. The highest BCUT2D eigenvalue weighted by Crippen LogP contribution is 2.45. The fourth-order valence-electron chi connectivity index (χ4n) is 4.72. The van der Waals surface area contributed by atoms with E-state index in [4.69, 9.17) is 4.74 Å². The number of hydrogen-bond acceptors (Lipinski definition) is 4. The molecule has 1 aliphatic rings. The molecule has 5 rings (SSSR count). The molecule has 1 unspecified atom stereocenters. The molecule has 1 N–H and O–H groups in total. The molecule has 6 heteroatoms. The molecule has 1 aromatic heterocycles. The van der Waals surface area contributed by atoms with Crippen molar-refractivity contribution >= 4 is 34.0 Å². The normalized spacial score (nSPS) is 17.5. The van der Waals surface area contributed by atoms with Gasteiger partial charge in [-0.25, -0.2) is 0 Å². The van der Waals surface area contributed by atoms with E-state index in [-0.39, 0.29) is 11.3 Å². The number of amides is 1. The van der Waals surface area contributed by atoms with Crippen molar-refractivity contribution in [2.45, 2.75) is 13.0 Å². The monoisotopic (exact) mass is 452 g/mol. The third-order valence-electron chi connectivity index (χ3n) is 6.31. The number of carbonyl (C=O) groups is 2. The number of aromatic nitrogens is 1. The van der Waals surface area contributed by atoms with Crippen LogP contribution in [0.25, 0.3) is 16.7 Å². The van der Waals surface area contributed by atoms with Crippen LogP contribution >= 0.6 is 0 Å². The van der Waals surface area contributed by atoms with Crippen LogP contribution in [-0.2, 0) is 16.6 Å². The maximum absolute atomic E-state index is 13.5. The van der Waals surface area contributed by atoms with Gasteiger partial charge in [0.2, 0.25) is 0 Å². The maximum atomic E-state index is 13.5. The molecule has 170 valence electrons. The number of para-hydroxylation sites is 2. The molecule has 1 fully saturated rings. The average Bonchev–Trinajstić information content (AvgIpc) is 3.32.